The van der Waals surface area contributed by atoms with Gasteiger partial charge in [0, 0.05) is 36.6 Å². The lowest BCUT2D eigenvalue weighted by atomic mass is 9.67. The van der Waals surface area contributed by atoms with Crippen molar-refractivity contribution in [2.45, 2.75) is 70.4 Å². The Labute approximate surface area is 259 Å². The molecular weight excluding hydrogens is 552 g/mol. The summed E-state index contributed by atoms with van der Waals surface area (Å²) in [5.41, 5.74) is 17.0. The van der Waals surface area contributed by atoms with Crippen LogP contribution < -0.4 is 27.8 Å². The molecule has 232 valence electrons. The molecule has 0 bridgehead atoms. The van der Waals surface area contributed by atoms with Crippen LogP contribution in [-0.4, -0.2) is 39.3 Å². The van der Waals surface area contributed by atoms with Gasteiger partial charge in [0.1, 0.15) is 11.9 Å². The van der Waals surface area contributed by atoms with E-state index in [0.29, 0.717) is 48.8 Å². The molecule has 0 fully saturated rings. The SMILES string of the molecule is C=C(CN[C@@H](C)CC1(c2nn(C)c(=O)[nH]2)c2ccc(C(=C)N)cc2CCc2cc(C(N)=O)ccc21)NC(C#N)C[C@@H](C)CC. The number of rotatable bonds is 13. The van der Waals surface area contributed by atoms with E-state index in [1.807, 2.05) is 24.3 Å². The van der Waals surface area contributed by atoms with Gasteiger partial charge in [0.25, 0.3) is 0 Å². The molecule has 4 atom stereocenters. The summed E-state index contributed by atoms with van der Waals surface area (Å²) >= 11 is 0. The van der Waals surface area contributed by atoms with Crippen molar-refractivity contribution in [2.24, 2.45) is 24.4 Å². The second kappa shape index (κ2) is 13.3. The quantitative estimate of drug-likeness (QED) is 0.202. The standard InChI is InChI=1S/C34H44N8O2/c1-7-20(2)14-28(18-35)39-22(4)19-38-21(3)17-34(32-40-33(44)42(6)41-32)29-12-10-24(23(5)36)15-25(29)8-9-26-16-27(31(37)43)11-13-30(26)34/h10-13,15-16,20-21,28,38-39H,4-5,7-9,14,17,19,36H2,1-3,6H3,(H2,37,43)(H,40,41,44)/t20-,21-,28?,34?/m0/s1. The summed E-state index contributed by atoms with van der Waals surface area (Å²) in [4.78, 5) is 28.1. The van der Waals surface area contributed by atoms with E-state index in [1.165, 1.54) is 4.68 Å². The van der Waals surface area contributed by atoms with E-state index in [2.05, 4.69) is 61.7 Å². The van der Waals surface area contributed by atoms with Gasteiger partial charge in [-0.15, -0.1) is 0 Å². The third kappa shape index (κ3) is 6.63. The lowest BCUT2D eigenvalue weighted by Gasteiger charge is -2.37. The van der Waals surface area contributed by atoms with Crippen molar-refractivity contribution < 1.29 is 4.79 Å². The van der Waals surface area contributed by atoms with Crippen LogP contribution in [0.1, 0.15) is 84.0 Å². The van der Waals surface area contributed by atoms with Crippen molar-refractivity contribution in [1.29, 1.82) is 5.26 Å². The van der Waals surface area contributed by atoms with Crippen LogP contribution in [0.4, 0.5) is 0 Å². The van der Waals surface area contributed by atoms with Crippen molar-refractivity contribution in [2.75, 3.05) is 6.54 Å². The molecule has 0 saturated heterocycles. The topological polar surface area (TPSA) is 168 Å². The average Bonchev–Trinajstić information content (AvgIpc) is 3.27. The van der Waals surface area contributed by atoms with Crippen LogP contribution in [0.3, 0.4) is 0 Å². The van der Waals surface area contributed by atoms with Gasteiger partial charge in [0.05, 0.1) is 11.5 Å². The smallest absolute Gasteiger partial charge is 0.343 e. The Morgan fingerprint density at radius 2 is 1.75 bits per heavy atom. The van der Waals surface area contributed by atoms with E-state index in [-0.39, 0.29) is 17.8 Å². The van der Waals surface area contributed by atoms with E-state index in [4.69, 9.17) is 16.6 Å². The van der Waals surface area contributed by atoms with Gasteiger partial charge in [-0.25, -0.2) is 9.48 Å². The van der Waals surface area contributed by atoms with Crippen LogP contribution in [0.25, 0.3) is 5.70 Å². The molecule has 1 aromatic heterocycles. The maximum atomic E-state index is 12.8. The van der Waals surface area contributed by atoms with Crippen LogP contribution in [-0.2, 0) is 25.3 Å². The molecule has 1 aliphatic carbocycles. The third-order valence-corrected chi connectivity index (χ3v) is 8.77. The van der Waals surface area contributed by atoms with Gasteiger partial charge in [-0.1, -0.05) is 51.6 Å². The molecule has 10 heteroatoms. The molecule has 10 nitrogen and oxygen atoms in total. The fourth-order valence-electron chi connectivity index (χ4n) is 6.21. The van der Waals surface area contributed by atoms with Crippen LogP contribution in [0.5, 0.6) is 0 Å². The molecule has 3 aromatic rings. The number of nitrogens with zero attached hydrogens (tertiary/aromatic N) is 3. The zero-order chi connectivity index (χ0) is 32.2. The number of benzene rings is 2. The number of carbonyl (C=O) groups is 1. The predicted octanol–water partition coefficient (Wildman–Crippen LogP) is 3.37. The van der Waals surface area contributed by atoms with Crippen LogP contribution in [0.15, 0.2) is 60.0 Å². The third-order valence-electron chi connectivity index (χ3n) is 8.77. The Morgan fingerprint density at radius 3 is 2.27 bits per heavy atom. The first-order valence-corrected chi connectivity index (χ1v) is 15.1. The van der Waals surface area contributed by atoms with E-state index >= 15 is 0 Å². The molecule has 7 N–H and O–H groups in total. The molecule has 44 heavy (non-hydrogen) atoms. The first kappa shape index (κ1) is 32.3. The van der Waals surface area contributed by atoms with Gasteiger partial charge in [-0.2, -0.15) is 10.4 Å². The molecule has 1 aliphatic rings. The first-order chi connectivity index (χ1) is 20.9. The minimum absolute atomic E-state index is 0.104. The molecule has 0 saturated carbocycles. The predicted molar refractivity (Wildman–Crippen MR) is 174 cm³/mol. The number of amides is 1. The minimum Gasteiger partial charge on any atom is -0.399 e. The van der Waals surface area contributed by atoms with Gasteiger partial charge in [0.15, 0.2) is 0 Å². The number of aromatic nitrogens is 3. The van der Waals surface area contributed by atoms with Crippen molar-refractivity contribution in [3.63, 3.8) is 0 Å². The highest BCUT2D eigenvalue weighted by Crippen LogP contribution is 2.47. The fourth-order valence-corrected chi connectivity index (χ4v) is 6.21. The summed E-state index contributed by atoms with van der Waals surface area (Å²) in [7, 11) is 1.62. The number of hydrogen-bond donors (Lipinski definition) is 5. The van der Waals surface area contributed by atoms with Gasteiger partial charge >= 0.3 is 5.69 Å². The number of hydrogen-bond acceptors (Lipinski definition) is 7. The van der Waals surface area contributed by atoms with Gasteiger partial charge in [-0.3, -0.25) is 9.78 Å². The number of carbonyl (C=O) groups excluding carboxylic acids is 1. The monoisotopic (exact) mass is 596 g/mol. The lowest BCUT2D eigenvalue weighted by molar-refractivity contribution is 0.1000. The van der Waals surface area contributed by atoms with Crippen molar-refractivity contribution in [1.82, 2.24) is 25.4 Å². The summed E-state index contributed by atoms with van der Waals surface area (Å²) in [5.74, 6) is 0.428. The Balaban J connectivity index is 1.80. The Kier molecular flexibility index (Phi) is 9.80. The van der Waals surface area contributed by atoms with E-state index in [1.54, 1.807) is 13.1 Å². The van der Waals surface area contributed by atoms with E-state index in [0.717, 1.165) is 46.4 Å². The fraction of sp³-hybridized carbons (Fsp3) is 0.412. The van der Waals surface area contributed by atoms with Crippen LogP contribution in [0, 0.1) is 17.2 Å². The number of nitriles is 1. The van der Waals surface area contributed by atoms with Gasteiger partial charge < -0.3 is 22.1 Å². The zero-order valence-electron chi connectivity index (χ0n) is 26.2. The number of nitrogens with two attached hydrogens (primary N) is 2. The molecule has 0 radical (unpaired) electrons. The number of fused-ring (bicyclic) bond motifs is 2. The molecule has 1 amide bonds. The maximum Gasteiger partial charge on any atom is 0.343 e. The highest BCUT2D eigenvalue weighted by Gasteiger charge is 2.45. The van der Waals surface area contributed by atoms with Crippen molar-refractivity contribution in [3.05, 3.63) is 105 Å². The average molecular weight is 597 g/mol. The van der Waals surface area contributed by atoms with Crippen LogP contribution >= 0.6 is 0 Å². The highest BCUT2D eigenvalue weighted by atomic mass is 16.2. The number of aromatic amines is 1. The van der Waals surface area contributed by atoms with Crippen molar-refractivity contribution in [3.8, 4) is 6.07 Å². The summed E-state index contributed by atoms with van der Waals surface area (Å²) in [6.45, 7) is 14.9. The molecule has 2 aromatic carbocycles. The van der Waals surface area contributed by atoms with Crippen LogP contribution in [0.2, 0.25) is 0 Å². The number of primary amides is 1. The summed E-state index contributed by atoms with van der Waals surface area (Å²) in [5, 5.41) is 21.2. The second-order valence-corrected chi connectivity index (χ2v) is 12.1. The largest absolute Gasteiger partial charge is 0.399 e. The Morgan fingerprint density at radius 1 is 1.14 bits per heavy atom. The summed E-state index contributed by atoms with van der Waals surface area (Å²) in [6, 6.07) is 13.5. The maximum absolute atomic E-state index is 12.8. The molecule has 1 heterocycles. The second-order valence-electron chi connectivity index (χ2n) is 12.1. The number of H-pyrrole nitrogens is 1. The van der Waals surface area contributed by atoms with E-state index < -0.39 is 11.3 Å². The Hall–Kier alpha value is -4.62. The first-order valence-electron chi connectivity index (χ1n) is 15.1. The van der Waals surface area contributed by atoms with Crippen molar-refractivity contribution >= 4 is 11.6 Å². The summed E-state index contributed by atoms with van der Waals surface area (Å²) in [6.07, 6.45) is 3.59. The highest BCUT2D eigenvalue weighted by molar-refractivity contribution is 5.93. The molecule has 0 aliphatic heterocycles. The van der Waals surface area contributed by atoms with Gasteiger partial charge in [-0.05, 0) is 84.5 Å². The Bertz CT molecular complexity index is 1590. The van der Waals surface area contributed by atoms with E-state index in [9.17, 15) is 14.9 Å². The molecule has 4 rings (SSSR count). The normalized spacial score (nSPS) is 17.7. The molecule has 0 spiro atoms. The number of aryl methyl sites for hydroxylation is 3. The summed E-state index contributed by atoms with van der Waals surface area (Å²) < 4.78 is 1.30. The minimum atomic E-state index is -0.890. The van der Waals surface area contributed by atoms with Gasteiger partial charge in [0.2, 0.25) is 5.91 Å². The zero-order valence-corrected chi connectivity index (χ0v) is 26.2. The molecular formula is C34H44N8O2. The number of nitrogens with one attached hydrogen (secondary N) is 3. The lowest BCUT2D eigenvalue weighted by Crippen LogP contribution is -2.42. The molecule has 2 unspecified atom stereocenters.